The molecule has 0 radical (unpaired) electrons. The first-order valence-electron chi connectivity index (χ1n) is 6.58. The van der Waals surface area contributed by atoms with Gasteiger partial charge in [-0.2, -0.15) is 0 Å². The van der Waals surface area contributed by atoms with Crippen LogP contribution in [0.5, 0.6) is 5.75 Å². The standard InChI is InChI=1S/C17H16N2O/c1-20-17-9-5-2-6-13(17)12-19-16-10-11-18-15-8-4-3-7-14(15)16/h2-11H,12H2,1H3,(H,18,19). The van der Waals surface area contributed by atoms with E-state index in [-0.39, 0.29) is 0 Å². The molecule has 3 nitrogen and oxygen atoms in total. The Kier molecular flexibility index (Phi) is 3.50. The van der Waals surface area contributed by atoms with Gasteiger partial charge in [-0.25, -0.2) is 0 Å². The Morgan fingerprint density at radius 2 is 1.80 bits per heavy atom. The van der Waals surface area contributed by atoms with E-state index in [4.69, 9.17) is 4.74 Å². The SMILES string of the molecule is COc1ccccc1CNc1ccnc2ccccc12. The number of para-hydroxylation sites is 2. The zero-order valence-corrected chi connectivity index (χ0v) is 11.3. The van der Waals surface area contributed by atoms with Crippen molar-refractivity contribution in [2.75, 3.05) is 12.4 Å². The molecule has 20 heavy (non-hydrogen) atoms. The second-order valence-electron chi connectivity index (χ2n) is 4.54. The molecule has 0 spiro atoms. The molecule has 2 aromatic carbocycles. The van der Waals surface area contributed by atoms with E-state index in [1.165, 1.54) is 0 Å². The fourth-order valence-corrected chi connectivity index (χ4v) is 2.29. The molecule has 0 saturated carbocycles. The summed E-state index contributed by atoms with van der Waals surface area (Å²) in [5.41, 5.74) is 3.22. The molecule has 3 heteroatoms. The molecule has 0 aliphatic heterocycles. The van der Waals surface area contributed by atoms with Gasteiger partial charge in [0, 0.05) is 29.4 Å². The van der Waals surface area contributed by atoms with E-state index in [0.717, 1.165) is 34.4 Å². The van der Waals surface area contributed by atoms with Gasteiger partial charge in [-0.05, 0) is 18.2 Å². The van der Waals surface area contributed by atoms with Crippen LogP contribution < -0.4 is 10.1 Å². The maximum atomic E-state index is 5.37. The summed E-state index contributed by atoms with van der Waals surface area (Å²) in [7, 11) is 1.70. The smallest absolute Gasteiger partial charge is 0.123 e. The molecule has 1 aromatic heterocycles. The van der Waals surface area contributed by atoms with Crippen molar-refractivity contribution in [1.82, 2.24) is 4.98 Å². The third-order valence-corrected chi connectivity index (χ3v) is 3.31. The van der Waals surface area contributed by atoms with Gasteiger partial charge in [0.15, 0.2) is 0 Å². The van der Waals surface area contributed by atoms with Crippen LogP contribution in [0.25, 0.3) is 10.9 Å². The number of benzene rings is 2. The van der Waals surface area contributed by atoms with Crippen molar-refractivity contribution in [3.05, 3.63) is 66.4 Å². The van der Waals surface area contributed by atoms with E-state index in [1.54, 1.807) is 7.11 Å². The summed E-state index contributed by atoms with van der Waals surface area (Å²) in [6.07, 6.45) is 1.83. The van der Waals surface area contributed by atoms with E-state index >= 15 is 0 Å². The highest BCUT2D eigenvalue weighted by atomic mass is 16.5. The molecular formula is C17H16N2O. The summed E-state index contributed by atoms with van der Waals surface area (Å²) in [5.74, 6) is 0.901. The third kappa shape index (κ3) is 2.43. The lowest BCUT2D eigenvalue weighted by molar-refractivity contribution is 0.410. The number of rotatable bonds is 4. The van der Waals surface area contributed by atoms with E-state index in [9.17, 15) is 0 Å². The highest BCUT2D eigenvalue weighted by Crippen LogP contribution is 2.23. The molecule has 0 aliphatic carbocycles. The lowest BCUT2D eigenvalue weighted by atomic mass is 10.1. The maximum Gasteiger partial charge on any atom is 0.123 e. The second kappa shape index (κ2) is 5.61. The minimum Gasteiger partial charge on any atom is -0.496 e. The Morgan fingerprint density at radius 1 is 1.00 bits per heavy atom. The first-order chi connectivity index (χ1) is 9.88. The van der Waals surface area contributed by atoms with Gasteiger partial charge in [-0.15, -0.1) is 0 Å². The van der Waals surface area contributed by atoms with Crippen LogP contribution in [-0.2, 0) is 6.54 Å². The zero-order valence-electron chi connectivity index (χ0n) is 11.3. The normalized spacial score (nSPS) is 10.4. The number of nitrogens with one attached hydrogen (secondary N) is 1. The van der Waals surface area contributed by atoms with Crippen LogP contribution in [0, 0.1) is 0 Å². The van der Waals surface area contributed by atoms with Crippen LogP contribution in [0.4, 0.5) is 5.69 Å². The first kappa shape index (κ1) is 12.5. The fourth-order valence-electron chi connectivity index (χ4n) is 2.29. The average Bonchev–Trinajstić information content (AvgIpc) is 2.53. The Balaban J connectivity index is 1.87. The van der Waals surface area contributed by atoms with Crippen molar-refractivity contribution in [3.63, 3.8) is 0 Å². The topological polar surface area (TPSA) is 34.1 Å². The van der Waals surface area contributed by atoms with Gasteiger partial charge in [0.2, 0.25) is 0 Å². The summed E-state index contributed by atoms with van der Waals surface area (Å²) in [5, 5.41) is 4.59. The Hall–Kier alpha value is -2.55. The van der Waals surface area contributed by atoms with Crippen molar-refractivity contribution in [1.29, 1.82) is 0 Å². The minimum atomic E-state index is 0.720. The van der Waals surface area contributed by atoms with Crippen molar-refractivity contribution >= 4 is 16.6 Å². The lowest BCUT2D eigenvalue weighted by Gasteiger charge is -2.12. The number of fused-ring (bicyclic) bond motifs is 1. The molecule has 0 amide bonds. The van der Waals surface area contributed by atoms with E-state index < -0.39 is 0 Å². The molecule has 0 unspecified atom stereocenters. The maximum absolute atomic E-state index is 5.37. The van der Waals surface area contributed by atoms with Gasteiger partial charge in [-0.1, -0.05) is 36.4 Å². The summed E-state index contributed by atoms with van der Waals surface area (Å²) < 4.78 is 5.37. The average molecular weight is 264 g/mol. The molecule has 0 aliphatic rings. The van der Waals surface area contributed by atoms with Gasteiger partial charge in [-0.3, -0.25) is 4.98 Å². The highest BCUT2D eigenvalue weighted by Gasteiger charge is 2.04. The Labute approximate surface area is 118 Å². The summed E-state index contributed by atoms with van der Waals surface area (Å²) in [6, 6.07) is 18.1. The third-order valence-electron chi connectivity index (χ3n) is 3.31. The van der Waals surface area contributed by atoms with Crippen molar-refractivity contribution in [3.8, 4) is 5.75 Å². The van der Waals surface area contributed by atoms with Crippen LogP contribution >= 0.6 is 0 Å². The molecule has 0 fully saturated rings. The number of ether oxygens (including phenoxy) is 1. The molecule has 0 bridgehead atoms. The van der Waals surface area contributed by atoms with Gasteiger partial charge in [0.05, 0.1) is 12.6 Å². The monoisotopic (exact) mass is 264 g/mol. The Morgan fingerprint density at radius 3 is 2.70 bits per heavy atom. The van der Waals surface area contributed by atoms with Crippen LogP contribution in [-0.4, -0.2) is 12.1 Å². The van der Waals surface area contributed by atoms with E-state index in [0.29, 0.717) is 0 Å². The quantitative estimate of drug-likeness (QED) is 0.777. The van der Waals surface area contributed by atoms with Crippen molar-refractivity contribution < 1.29 is 4.74 Å². The summed E-state index contributed by atoms with van der Waals surface area (Å²) in [4.78, 5) is 4.37. The van der Waals surface area contributed by atoms with Crippen LogP contribution in [0.2, 0.25) is 0 Å². The molecule has 0 saturated heterocycles. The summed E-state index contributed by atoms with van der Waals surface area (Å²) in [6.45, 7) is 0.720. The lowest BCUT2D eigenvalue weighted by Crippen LogP contribution is -2.02. The predicted molar refractivity (Wildman–Crippen MR) is 82.1 cm³/mol. The van der Waals surface area contributed by atoms with E-state index in [1.807, 2.05) is 48.7 Å². The molecule has 100 valence electrons. The van der Waals surface area contributed by atoms with Crippen molar-refractivity contribution in [2.45, 2.75) is 6.54 Å². The van der Waals surface area contributed by atoms with Gasteiger partial charge < -0.3 is 10.1 Å². The number of hydrogen-bond donors (Lipinski definition) is 1. The number of pyridine rings is 1. The molecule has 1 N–H and O–H groups in total. The number of aromatic nitrogens is 1. The van der Waals surface area contributed by atoms with Crippen LogP contribution in [0.15, 0.2) is 60.8 Å². The molecule has 3 aromatic rings. The molecule has 0 atom stereocenters. The van der Waals surface area contributed by atoms with Crippen LogP contribution in [0.3, 0.4) is 0 Å². The van der Waals surface area contributed by atoms with Crippen LogP contribution in [0.1, 0.15) is 5.56 Å². The first-order valence-corrected chi connectivity index (χ1v) is 6.58. The zero-order chi connectivity index (χ0) is 13.8. The minimum absolute atomic E-state index is 0.720. The van der Waals surface area contributed by atoms with Gasteiger partial charge in [0.25, 0.3) is 0 Å². The highest BCUT2D eigenvalue weighted by molar-refractivity contribution is 5.90. The van der Waals surface area contributed by atoms with E-state index in [2.05, 4.69) is 22.4 Å². The summed E-state index contributed by atoms with van der Waals surface area (Å²) >= 11 is 0. The second-order valence-corrected chi connectivity index (χ2v) is 4.54. The molecule has 3 rings (SSSR count). The Bertz CT molecular complexity index is 720. The molecular weight excluding hydrogens is 248 g/mol. The number of methoxy groups -OCH3 is 1. The molecule has 1 heterocycles. The number of hydrogen-bond acceptors (Lipinski definition) is 3. The van der Waals surface area contributed by atoms with Gasteiger partial charge in [0.1, 0.15) is 5.75 Å². The van der Waals surface area contributed by atoms with Gasteiger partial charge >= 0.3 is 0 Å². The predicted octanol–water partition coefficient (Wildman–Crippen LogP) is 3.86. The number of anilines is 1. The largest absolute Gasteiger partial charge is 0.496 e. The fraction of sp³-hybridized carbons (Fsp3) is 0.118. The number of nitrogens with zero attached hydrogens (tertiary/aromatic N) is 1. The van der Waals surface area contributed by atoms with Crippen molar-refractivity contribution in [2.24, 2.45) is 0 Å².